The number of hydrogen-bond donors (Lipinski definition) is 2. The van der Waals surface area contributed by atoms with Crippen molar-refractivity contribution in [3.63, 3.8) is 0 Å². The quantitative estimate of drug-likeness (QED) is 0.382. The minimum Gasteiger partial charge on any atom is -0.471 e. The van der Waals surface area contributed by atoms with Crippen LogP contribution in [0.15, 0.2) is 33.9 Å². The summed E-state index contributed by atoms with van der Waals surface area (Å²) in [4.78, 5) is 0. The highest BCUT2D eigenvalue weighted by Gasteiger charge is 2.16. The van der Waals surface area contributed by atoms with Crippen molar-refractivity contribution in [2.45, 2.75) is 20.5 Å². The Morgan fingerprint density at radius 2 is 2.14 bits per heavy atom. The molecule has 110 valence electrons. The number of rotatable bonds is 4. The summed E-state index contributed by atoms with van der Waals surface area (Å²) in [5.41, 5.74) is 8.60. The molecule has 21 heavy (non-hydrogen) atoms. The second-order valence-corrected chi connectivity index (χ2v) is 5.41. The summed E-state index contributed by atoms with van der Waals surface area (Å²) in [6, 6.07) is 7.72. The first kappa shape index (κ1) is 15.2. The van der Waals surface area contributed by atoms with Crippen molar-refractivity contribution in [1.29, 1.82) is 0 Å². The number of oxime groups is 1. The fourth-order valence-electron chi connectivity index (χ4n) is 1.82. The van der Waals surface area contributed by atoms with E-state index in [4.69, 9.17) is 15.7 Å². The Hall–Kier alpha value is -2.15. The Labute approximate surface area is 130 Å². The molecule has 0 aliphatic rings. The van der Waals surface area contributed by atoms with Crippen molar-refractivity contribution in [1.82, 2.24) is 10.2 Å². The lowest BCUT2D eigenvalue weighted by Crippen LogP contribution is -2.19. The van der Waals surface area contributed by atoms with E-state index in [1.807, 2.05) is 31.2 Å². The van der Waals surface area contributed by atoms with Gasteiger partial charge in [-0.25, -0.2) is 0 Å². The van der Waals surface area contributed by atoms with Crippen molar-refractivity contribution in [3.05, 3.63) is 51.1 Å². The highest BCUT2D eigenvalue weighted by Crippen LogP contribution is 2.21. The smallest absolute Gasteiger partial charge is 0.245 e. The first-order valence-corrected chi connectivity index (χ1v) is 7.01. The zero-order valence-corrected chi connectivity index (χ0v) is 13.3. The molecule has 0 saturated carbocycles. The normalized spacial score (nSPS) is 11.5. The summed E-state index contributed by atoms with van der Waals surface area (Å²) >= 11 is 3.40. The van der Waals surface area contributed by atoms with E-state index in [-0.39, 0.29) is 11.7 Å². The highest BCUT2D eigenvalue weighted by atomic mass is 79.9. The van der Waals surface area contributed by atoms with Crippen LogP contribution in [0, 0.1) is 13.8 Å². The minimum atomic E-state index is -0.0465. The van der Waals surface area contributed by atoms with E-state index in [1.165, 1.54) is 0 Å². The third kappa shape index (κ3) is 3.49. The molecule has 1 aromatic heterocycles. The van der Waals surface area contributed by atoms with E-state index < -0.39 is 0 Å². The lowest BCUT2D eigenvalue weighted by molar-refractivity contribution is 0.287. The van der Waals surface area contributed by atoms with Crippen LogP contribution in [-0.2, 0) is 6.61 Å². The van der Waals surface area contributed by atoms with Gasteiger partial charge in [-0.15, -0.1) is 5.10 Å². The predicted octanol–water partition coefficient (Wildman–Crippen LogP) is 2.53. The van der Waals surface area contributed by atoms with Crippen LogP contribution in [0.4, 0.5) is 0 Å². The van der Waals surface area contributed by atoms with E-state index in [9.17, 15) is 0 Å². The molecule has 0 aliphatic carbocycles. The van der Waals surface area contributed by atoms with Crippen molar-refractivity contribution in [2.75, 3.05) is 0 Å². The van der Waals surface area contributed by atoms with Gasteiger partial charge < -0.3 is 15.7 Å². The SMILES string of the molecule is Cc1nnc(OCc2cccc(Br)c2)c(/C(N)=N/O)c1C. The lowest BCUT2D eigenvalue weighted by atomic mass is 10.1. The Balaban J connectivity index is 2.30. The van der Waals surface area contributed by atoms with E-state index in [2.05, 4.69) is 31.3 Å². The largest absolute Gasteiger partial charge is 0.471 e. The van der Waals surface area contributed by atoms with E-state index in [0.717, 1.165) is 15.6 Å². The molecule has 1 heterocycles. The topological polar surface area (TPSA) is 93.6 Å². The molecule has 1 aromatic carbocycles. The van der Waals surface area contributed by atoms with Gasteiger partial charge in [0.2, 0.25) is 5.88 Å². The summed E-state index contributed by atoms with van der Waals surface area (Å²) in [6.07, 6.45) is 0. The third-order valence-corrected chi connectivity index (χ3v) is 3.54. The Kier molecular flexibility index (Phi) is 4.74. The molecule has 0 bridgehead atoms. The van der Waals surface area contributed by atoms with Crippen LogP contribution in [0.3, 0.4) is 0 Å². The second-order valence-electron chi connectivity index (χ2n) is 4.49. The van der Waals surface area contributed by atoms with Crippen LogP contribution in [0.2, 0.25) is 0 Å². The fourth-order valence-corrected chi connectivity index (χ4v) is 2.26. The Morgan fingerprint density at radius 1 is 1.38 bits per heavy atom. The van der Waals surface area contributed by atoms with E-state index >= 15 is 0 Å². The molecule has 0 unspecified atom stereocenters. The maximum Gasteiger partial charge on any atom is 0.245 e. The summed E-state index contributed by atoms with van der Waals surface area (Å²) in [7, 11) is 0. The fraction of sp³-hybridized carbons (Fsp3) is 0.214. The van der Waals surface area contributed by atoms with Gasteiger partial charge in [0.05, 0.1) is 11.3 Å². The third-order valence-electron chi connectivity index (χ3n) is 3.05. The molecular weight excluding hydrogens is 336 g/mol. The molecule has 0 atom stereocenters. The molecule has 2 aromatic rings. The van der Waals surface area contributed by atoms with Crippen LogP contribution >= 0.6 is 15.9 Å². The molecule has 0 aliphatic heterocycles. The predicted molar refractivity (Wildman–Crippen MR) is 82.5 cm³/mol. The van der Waals surface area contributed by atoms with Gasteiger partial charge in [-0.3, -0.25) is 0 Å². The Bertz CT molecular complexity index is 689. The van der Waals surface area contributed by atoms with Crippen LogP contribution < -0.4 is 10.5 Å². The molecule has 6 nitrogen and oxygen atoms in total. The first-order chi connectivity index (χ1) is 10.0. The molecule has 2 rings (SSSR count). The summed E-state index contributed by atoms with van der Waals surface area (Å²) in [6.45, 7) is 3.93. The summed E-state index contributed by atoms with van der Waals surface area (Å²) in [5.74, 6) is 0.197. The number of ether oxygens (including phenoxy) is 1. The second kappa shape index (κ2) is 6.53. The van der Waals surface area contributed by atoms with Gasteiger partial charge in [-0.2, -0.15) is 5.10 Å². The monoisotopic (exact) mass is 350 g/mol. The van der Waals surface area contributed by atoms with Gasteiger partial charge in [-0.1, -0.05) is 33.2 Å². The Morgan fingerprint density at radius 3 is 2.81 bits per heavy atom. The van der Waals surface area contributed by atoms with Crippen molar-refractivity contribution in [2.24, 2.45) is 10.9 Å². The standard InChI is InChI=1S/C14H15BrN4O2/c1-8-9(2)17-18-14(12(8)13(16)19-20)21-7-10-4-3-5-11(15)6-10/h3-6,20H,7H2,1-2H3,(H2,16,19). The van der Waals surface area contributed by atoms with E-state index in [0.29, 0.717) is 17.9 Å². The first-order valence-electron chi connectivity index (χ1n) is 6.22. The average molecular weight is 351 g/mol. The van der Waals surface area contributed by atoms with Crippen molar-refractivity contribution in [3.8, 4) is 5.88 Å². The van der Waals surface area contributed by atoms with Crippen molar-refractivity contribution >= 4 is 21.8 Å². The van der Waals surface area contributed by atoms with Gasteiger partial charge in [0.15, 0.2) is 5.84 Å². The van der Waals surface area contributed by atoms with Gasteiger partial charge in [0, 0.05) is 4.47 Å². The molecular formula is C14H15BrN4O2. The van der Waals surface area contributed by atoms with Crippen LogP contribution in [0.5, 0.6) is 5.88 Å². The number of hydrogen-bond acceptors (Lipinski definition) is 5. The molecule has 0 radical (unpaired) electrons. The van der Waals surface area contributed by atoms with E-state index in [1.54, 1.807) is 6.92 Å². The van der Waals surface area contributed by atoms with Crippen molar-refractivity contribution < 1.29 is 9.94 Å². The molecule has 0 saturated heterocycles. The minimum absolute atomic E-state index is 0.0465. The molecule has 0 fully saturated rings. The molecule has 0 spiro atoms. The maximum absolute atomic E-state index is 8.90. The number of nitrogens with zero attached hydrogens (tertiary/aromatic N) is 3. The van der Waals surface area contributed by atoms with Gasteiger partial charge in [0.25, 0.3) is 0 Å². The van der Waals surface area contributed by atoms with Gasteiger partial charge in [0.1, 0.15) is 6.61 Å². The average Bonchev–Trinajstić information content (AvgIpc) is 2.48. The summed E-state index contributed by atoms with van der Waals surface area (Å²) in [5, 5.41) is 19.9. The number of halogens is 1. The van der Waals surface area contributed by atoms with Gasteiger partial charge in [-0.05, 0) is 37.1 Å². The zero-order chi connectivity index (χ0) is 15.4. The number of benzene rings is 1. The summed E-state index contributed by atoms with van der Waals surface area (Å²) < 4.78 is 6.63. The molecule has 0 amide bonds. The highest BCUT2D eigenvalue weighted by molar-refractivity contribution is 9.10. The number of amidine groups is 1. The lowest BCUT2D eigenvalue weighted by Gasteiger charge is -2.12. The van der Waals surface area contributed by atoms with Crippen LogP contribution in [0.1, 0.15) is 22.4 Å². The maximum atomic E-state index is 8.90. The van der Waals surface area contributed by atoms with Gasteiger partial charge >= 0.3 is 0 Å². The number of aromatic nitrogens is 2. The zero-order valence-electron chi connectivity index (χ0n) is 11.7. The number of nitrogens with two attached hydrogens (primary N) is 1. The van der Waals surface area contributed by atoms with Crippen LogP contribution in [-0.4, -0.2) is 21.2 Å². The van der Waals surface area contributed by atoms with Crippen LogP contribution in [0.25, 0.3) is 0 Å². The molecule has 7 heteroatoms. The molecule has 3 N–H and O–H groups in total. The number of aryl methyl sites for hydroxylation is 1.